The van der Waals surface area contributed by atoms with Gasteiger partial charge in [-0.1, -0.05) is 72.4 Å². The fourth-order valence-electron chi connectivity index (χ4n) is 7.63. The van der Waals surface area contributed by atoms with E-state index in [4.69, 9.17) is 4.98 Å². The summed E-state index contributed by atoms with van der Waals surface area (Å²) >= 11 is 0. The molecule has 5 nitrogen and oxygen atoms in total. The van der Waals surface area contributed by atoms with Crippen LogP contribution in [0.4, 0.5) is 0 Å². The maximum atomic E-state index is 4.97. The van der Waals surface area contributed by atoms with Crippen LogP contribution in [0.15, 0.2) is 140 Å². The molecule has 0 aliphatic rings. The zero-order valence-electron chi connectivity index (χ0n) is 27.3. The molecule has 238 valence electrons. The monoisotopic (exact) mass is 820 g/mol. The number of nitrogens with zero attached hydrogens (tertiary/aromatic N) is 5. The minimum Gasteiger partial charge on any atom is -0.366 e. The van der Waals surface area contributed by atoms with E-state index in [0.29, 0.717) is 0 Å². The SMILES string of the molecule is C[n+]1[c-]n(-c2[c-]cccc2)c2ccccc21.Cn1c(-c2[c-]cccc2)nc2ccc3cc4c5cccc6c7ccccc7n(c4cc3c21)c65.[Ir+3]. The largest absolute Gasteiger partial charge is 3.00 e. The molecule has 0 N–H and O–H groups in total. The topological polar surface area (TPSA) is 31.0 Å². The third-order valence-electron chi connectivity index (χ3n) is 9.81. The molecule has 0 atom stereocenters. The molecule has 0 fully saturated rings. The van der Waals surface area contributed by atoms with Gasteiger partial charge in [-0.2, -0.15) is 30.3 Å². The average molecular weight is 820 g/mol. The summed E-state index contributed by atoms with van der Waals surface area (Å²) in [5.41, 5.74) is 10.3. The first-order chi connectivity index (χ1) is 24.2. The molecule has 0 bridgehead atoms. The minimum absolute atomic E-state index is 0. The molecule has 4 heterocycles. The average Bonchev–Trinajstić information content (AvgIpc) is 3.89. The summed E-state index contributed by atoms with van der Waals surface area (Å²) in [6, 6.07) is 55.2. The summed E-state index contributed by atoms with van der Waals surface area (Å²) < 4.78 is 8.67. The molecule has 0 saturated heterocycles. The van der Waals surface area contributed by atoms with Gasteiger partial charge in [0.05, 0.1) is 51.5 Å². The van der Waals surface area contributed by atoms with Gasteiger partial charge in [0.1, 0.15) is 0 Å². The molecule has 0 saturated carbocycles. The van der Waals surface area contributed by atoms with Gasteiger partial charge in [0.15, 0.2) is 0 Å². The number of benzene rings is 7. The summed E-state index contributed by atoms with van der Waals surface area (Å²) in [5, 5.41) is 7.69. The summed E-state index contributed by atoms with van der Waals surface area (Å²) in [6.07, 6.45) is 3.27. The Morgan fingerprint density at radius 3 is 2.12 bits per heavy atom. The second kappa shape index (κ2) is 11.7. The van der Waals surface area contributed by atoms with Crippen molar-refractivity contribution in [1.29, 1.82) is 0 Å². The Balaban J connectivity index is 0.000000167. The van der Waals surface area contributed by atoms with E-state index < -0.39 is 0 Å². The van der Waals surface area contributed by atoms with Crippen LogP contribution in [0.5, 0.6) is 0 Å². The van der Waals surface area contributed by atoms with E-state index in [9.17, 15) is 0 Å². The van der Waals surface area contributed by atoms with Crippen molar-refractivity contribution in [3.63, 3.8) is 0 Å². The van der Waals surface area contributed by atoms with Crippen LogP contribution in [0.25, 0.3) is 88.0 Å². The van der Waals surface area contributed by atoms with Crippen LogP contribution in [0.2, 0.25) is 0 Å². The second-order valence-corrected chi connectivity index (χ2v) is 12.6. The number of imidazole rings is 2. The normalized spacial score (nSPS) is 11.6. The summed E-state index contributed by atoms with van der Waals surface area (Å²) in [4.78, 5) is 4.97. The van der Waals surface area contributed by atoms with Crippen molar-refractivity contribution in [2.75, 3.05) is 0 Å². The van der Waals surface area contributed by atoms with Gasteiger partial charge < -0.3 is 18.1 Å². The van der Waals surface area contributed by atoms with Crippen molar-refractivity contribution < 1.29 is 24.7 Å². The van der Waals surface area contributed by atoms with Crippen molar-refractivity contribution >= 4 is 70.9 Å². The third-order valence-corrected chi connectivity index (χ3v) is 9.81. The Morgan fingerprint density at radius 1 is 0.600 bits per heavy atom. The van der Waals surface area contributed by atoms with Crippen LogP contribution in [-0.4, -0.2) is 18.5 Å². The van der Waals surface area contributed by atoms with Crippen molar-refractivity contribution in [3.8, 4) is 17.1 Å². The third kappa shape index (κ3) is 4.42. The fourth-order valence-corrected chi connectivity index (χ4v) is 7.63. The molecule has 0 unspecified atom stereocenters. The van der Waals surface area contributed by atoms with E-state index in [1.807, 2.05) is 70.8 Å². The fraction of sp³-hybridized carbons (Fsp3) is 0.0455. The second-order valence-electron chi connectivity index (χ2n) is 12.6. The number of aryl methyl sites for hydroxylation is 2. The molecule has 0 radical (unpaired) electrons. The van der Waals surface area contributed by atoms with Crippen LogP contribution >= 0.6 is 0 Å². The van der Waals surface area contributed by atoms with Gasteiger partial charge in [-0.25, -0.2) is 0 Å². The van der Waals surface area contributed by atoms with E-state index in [1.54, 1.807) is 0 Å². The van der Waals surface area contributed by atoms with Gasteiger partial charge in [0.25, 0.3) is 0 Å². The Bertz CT molecular complexity index is 3010. The molecule has 4 aromatic heterocycles. The van der Waals surface area contributed by atoms with Gasteiger partial charge in [0.2, 0.25) is 6.33 Å². The predicted molar refractivity (Wildman–Crippen MR) is 199 cm³/mol. The van der Waals surface area contributed by atoms with Crippen molar-refractivity contribution in [3.05, 3.63) is 158 Å². The number of hydrogen-bond acceptors (Lipinski definition) is 1. The Labute approximate surface area is 301 Å². The molecular weight excluding hydrogens is 791 g/mol. The molecule has 50 heavy (non-hydrogen) atoms. The summed E-state index contributed by atoms with van der Waals surface area (Å²) in [7, 11) is 4.11. The smallest absolute Gasteiger partial charge is 0.366 e. The Hall–Kier alpha value is -5.81. The van der Waals surface area contributed by atoms with Gasteiger partial charge in [-0.3, -0.25) is 4.98 Å². The van der Waals surface area contributed by atoms with E-state index in [0.717, 1.165) is 33.6 Å². The molecule has 7 aromatic carbocycles. The van der Waals surface area contributed by atoms with Crippen LogP contribution in [0, 0.1) is 18.5 Å². The molecule has 0 amide bonds. The molecule has 0 aliphatic carbocycles. The Morgan fingerprint density at radius 2 is 1.32 bits per heavy atom. The zero-order valence-corrected chi connectivity index (χ0v) is 29.7. The number of fused-ring (bicyclic) bond motifs is 10. The first kappa shape index (κ1) is 30.3. The molecule has 6 heteroatoms. The summed E-state index contributed by atoms with van der Waals surface area (Å²) in [6.45, 7) is 0. The van der Waals surface area contributed by atoms with Crippen molar-refractivity contribution in [1.82, 2.24) is 18.5 Å². The van der Waals surface area contributed by atoms with Crippen LogP contribution in [0.1, 0.15) is 0 Å². The standard InChI is InChI=1S/C30H18N3.C14H11N2.Ir/c1-32-29-23-17-27-24(16-19(23)14-15-25(29)31-30(32)18-8-3-2-4-9-18)22-12-7-11-21-20-10-5-6-13-26(20)33(27)28(21)22;1-15-11-16(12-7-3-2-4-8-12)14-10-6-5-9-13(14)15;/h2-8,10-17H,1H3;2-7,9-10H,1H3;/q2*-1;+3. The van der Waals surface area contributed by atoms with Crippen LogP contribution < -0.4 is 4.57 Å². The molecule has 0 spiro atoms. The van der Waals surface area contributed by atoms with Crippen molar-refractivity contribution in [2.24, 2.45) is 14.1 Å². The molecule has 11 aromatic rings. The molecule has 0 aliphatic heterocycles. The zero-order chi connectivity index (χ0) is 32.6. The number of hydrogen-bond donors (Lipinski definition) is 0. The quantitative estimate of drug-likeness (QED) is 0.126. The molecule has 11 rings (SSSR count). The Kier molecular flexibility index (Phi) is 7.06. The number of aromatic nitrogens is 5. The van der Waals surface area contributed by atoms with Gasteiger partial charge >= 0.3 is 20.1 Å². The van der Waals surface area contributed by atoms with Crippen LogP contribution in [0.3, 0.4) is 0 Å². The van der Waals surface area contributed by atoms with Crippen LogP contribution in [-0.2, 0) is 34.2 Å². The van der Waals surface area contributed by atoms with E-state index in [1.165, 1.54) is 54.4 Å². The van der Waals surface area contributed by atoms with E-state index >= 15 is 0 Å². The number of para-hydroxylation sites is 5. The minimum atomic E-state index is 0. The maximum Gasteiger partial charge on any atom is 3.00 e. The van der Waals surface area contributed by atoms with Crippen molar-refractivity contribution in [2.45, 2.75) is 0 Å². The van der Waals surface area contributed by atoms with Gasteiger partial charge in [0, 0.05) is 34.0 Å². The van der Waals surface area contributed by atoms with Gasteiger partial charge in [-0.15, -0.1) is 35.9 Å². The van der Waals surface area contributed by atoms with E-state index in [-0.39, 0.29) is 20.1 Å². The predicted octanol–water partition coefficient (Wildman–Crippen LogP) is 9.40. The first-order valence-electron chi connectivity index (χ1n) is 16.4. The first-order valence-corrected chi connectivity index (χ1v) is 16.4. The van der Waals surface area contributed by atoms with E-state index in [2.05, 4.69) is 119 Å². The molecular formula is C44H29IrN5+. The number of rotatable bonds is 2. The van der Waals surface area contributed by atoms with Gasteiger partial charge in [-0.05, 0) is 29.7 Å². The maximum absolute atomic E-state index is 4.97. The summed E-state index contributed by atoms with van der Waals surface area (Å²) in [5.74, 6) is 0.940.